The summed E-state index contributed by atoms with van der Waals surface area (Å²) in [5.74, 6) is 0. The molecule has 0 bridgehead atoms. The van der Waals surface area contributed by atoms with Crippen molar-refractivity contribution in [2.24, 2.45) is 0 Å². The first-order chi connectivity index (χ1) is 5.91. The van der Waals surface area contributed by atoms with Crippen molar-refractivity contribution in [1.82, 2.24) is 5.32 Å². The minimum Gasteiger partial charge on any atom is -0.396 e. The van der Waals surface area contributed by atoms with Crippen LogP contribution in [0.15, 0.2) is 0 Å². The van der Waals surface area contributed by atoms with Gasteiger partial charge in [0.1, 0.15) is 0 Å². The van der Waals surface area contributed by atoms with E-state index in [1.165, 1.54) is 12.8 Å². The van der Waals surface area contributed by atoms with Crippen molar-refractivity contribution >= 4 is 0 Å². The number of hydrogen-bond acceptors (Lipinski definition) is 2. The van der Waals surface area contributed by atoms with E-state index in [9.17, 15) is 0 Å². The van der Waals surface area contributed by atoms with Gasteiger partial charge in [0.25, 0.3) is 0 Å². The molecule has 0 aromatic heterocycles. The molecule has 0 atom stereocenters. The molecule has 0 aliphatic heterocycles. The number of nitrogens with one attached hydrogen (secondary N) is 1. The highest BCUT2D eigenvalue weighted by Gasteiger charge is 1.86. The summed E-state index contributed by atoms with van der Waals surface area (Å²) in [6.07, 6.45) is 4.50. The van der Waals surface area contributed by atoms with E-state index in [-0.39, 0.29) is 0 Å². The maximum atomic E-state index is 8.45. The summed E-state index contributed by atoms with van der Waals surface area (Å²) >= 11 is 0. The van der Waals surface area contributed by atoms with Gasteiger partial charge >= 0.3 is 0 Å². The molecule has 0 saturated carbocycles. The molecule has 0 amide bonds. The van der Waals surface area contributed by atoms with Crippen LogP contribution in [0.3, 0.4) is 0 Å². The van der Waals surface area contributed by atoms with Crippen LogP contribution >= 0.6 is 0 Å². The molecule has 2 nitrogen and oxygen atoms in total. The maximum absolute atomic E-state index is 8.45. The lowest BCUT2D eigenvalue weighted by atomic mass is 10.2. The van der Waals surface area contributed by atoms with Crippen LogP contribution in [-0.4, -0.2) is 24.8 Å². The molecule has 2 N–H and O–H groups in total. The largest absolute Gasteiger partial charge is 0.396 e. The molecule has 12 heavy (non-hydrogen) atoms. The van der Waals surface area contributed by atoms with Gasteiger partial charge in [-0.2, -0.15) is 0 Å². The molecule has 0 saturated heterocycles. The second-order valence-corrected chi connectivity index (χ2v) is 2.53. The number of unbranched alkanes of at least 4 members (excludes halogenated alkanes) is 2. The zero-order valence-corrected chi connectivity index (χ0v) is 8.90. The fourth-order valence-electron chi connectivity index (χ4n) is 0.840. The summed E-state index contributed by atoms with van der Waals surface area (Å²) in [4.78, 5) is 0. The maximum Gasteiger partial charge on any atom is 0.0431 e. The van der Waals surface area contributed by atoms with Gasteiger partial charge < -0.3 is 10.4 Å². The molecule has 0 fully saturated rings. The van der Waals surface area contributed by atoms with E-state index in [1.54, 1.807) is 0 Å². The predicted octanol–water partition coefficient (Wildman–Crippen LogP) is 2.17. The summed E-state index contributed by atoms with van der Waals surface area (Å²) < 4.78 is 0. The fourth-order valence-corrected chi connectivity index (χ4v) is 0.840. The average molecular weight is 175 g/mol. The standard InChI is InChI=1S/C8H19NO.C2H6/c1-2-6-9-7-4-3-5-8-10;1-2/h9-10H,2-8H2,1H3;1-2H3. The van der Waals surface area contributed by atoms with E-state index in [2.05, 4.69) is 12.2 Å². The van der Waals surface area contributed by atoms with Gasteiger partial charge in [0.05, 0.1) is 0 Å². The Labute approximate surface area is 77.4 Å². The minimum atomic E-state index is 0.341. The van der Waals surface area contributed by atoms with Crippen LogP contribution < -0.4 is 5.32 Å². The Hall–Kier alpha value is -0.0800. The van der Waals surface area contributed by atoms with Crippen LogP contribution in [0.25, 0.3) is 0 Å². The highest BCUT2D eigenvalue weighted by atomic mass is 16.2. The summed E-state index contributed by atoms with van der Waals surface area (Å²) in [6, 6.07) is 0. The first-order valence-corrected chi connectivity index (χ1v) is 5.23. The number of aliphatic hydroxyl groups is 1. The highest BCUT2D eigenvalue weighted by molar-refractivity contribution is 4.46. The van der Waals surface area contributed by atoms with Gasteiger partial charge in [-0.3, -0.25) is 0 Å². The van der Waals surface area contributed by atoms with Crippen molar-refractivity contribution in [3.63, 3.8) is 0 Å². The second-order valence-electron chi connectivity index (χ2n) is 2.53. The van der Waals surface area contributed by atoms with E-state index < -0.39 is 0 Å². The van der Waals surface area contributed by atoms with Crippen LogP contribution in [0.2, 0.25) is 0 Å². The van der Waals surface area contributed by atoms with E-state index >= 15 is 0 Å². The third-order valence-corrected chi connectivity index (χ3v) is 1.44. The molecule has 0 spiro atoms. The topological polar surface area (TPSA) is 32.3 Å². The van der Waals surface area contributed by atoms with Crippen LogP contribution in [-0.2, 0) is 0 Å². The molecule has 0 aromatic carbocycles. The third-order valence-electron chi connectivity index (χ3n) is 1.44. The Balaban J connectivity index is 0. The van der Waals surface area contributed by atoms with Gasteiger partial charge in [0, 0.05) is 6.61 Å². The number of hydrogen-bond donors (Lipinski definition) is 2. The summed E-state index contributed by atoms with van der Waals surface area (Å²) in [5, 5.41) is 11.8. The Morgan fingerprint density at radius 2 is 1.67 bits per heavy atom. The Morgan fingerprint density at radius 1 is 1.00 bits per heavy atom. The van der Waals surface area contributed by atoms with Gasteiger partial charge in [0.2, 0.25) is 0 Å². The predicted molar refractivity (Wildman–Crippen MR) is 55.4 cm³/mol. The second kappa shape index (κ2) is 17.1. The van der Waals surface area contributed by atoms with Gasteiger partial charge in [-0.15, -0.1) is 0 Å². The summed E-state index contributed by atoms with van der Waals surface area (Å²) in [6.45, 7) is 8.74. The molecule has 0 heterocycles. The van der Waals surface area contributed by atoms with Crippen molar-refractivity contribution in [2.45, 2.75) is 46.5 Å². The van der Waals surface area contributed by atoms with Crippen molar-refractivity contribution in [3.8, 4) is 0 Å². The van der Waals surface area contributed by atoms with Gasteiger partial charge in [-0.1, -0.05) is 20.8 Å². The number of rotatable bonds is 7. The van der Waals surface area contributed by atoms with Crippen LogP contribution in [0.1, 0.15) is 46.5 Å². The molecule has 0 radical (unpaired) electrons. The molecule has 0 aliphatic rings. The molecule has 0 rings (SSSR count). The Morgan fingerprint density at radius 3 is 2.17 bits per heavy atom. The Kier molecular flexibility index (Phi) is 20.6. The summed E-state index contributed by atoms with van der Waals surface area (Å²) in [5.41, 5.74) is 0. The average Bonchev–Trinajstić information content (AvgIpc) is 2.15. The van der Waals surface area contributed by atoms with E-state index in [4.69, 9.17) is 5.11 Å². The normalized spacial score (nSPS) is 9.00. The zero-order chi connectivity index (χ0) is 9.66. The lowest BCUT2D eigenvalue weighted by molar-refractivity contribution is 0.283. The molecule has 0 aliphatic carbocycles. The zero-order valence-electron chi connectivity index (χ0n) is 8.90. The van der Waals surface area contributed by atoms with Gasteiger partial charge in [-0.25, -0.2) is 0 Å². The van der Waals surface area contributed by atoms with Crippen molar-refractivity contribution in [2.75, 3.05) is 19.7 Å². The van der Waals surface area contributed by atoms with Crippen molar-refractivity contribution in [3.05, 3.63) is 0 Å². The van der Waals surface area contributed by atoms with E-state index in [0.29, 0.717) is 6.61 Å². The van der Waals surface area contributed by atoms with Crippen LogP contribution in [0, 0.1) is 0 Å². The summed E-state index contributed by atoms with van der Waals surface area (Å²) in [7, 11) is 0. The lowest BCUT2D eigenvalue weighted by Crippen LogP contribution is -2.15. The van der Waals surface area contributed by atoms with Crippen LogP contribution in [0.5, 0.6) is 0 Å². The van der Waals surface area contributed by atoms with Crippen LogP contribution in [0.4, 0.5) is 0 Å². The molecule has 76 valence electrons. The van der Waals surface area contributed by atoms with Crippen molar-refractivity contribution < 1.29 is 5.11 Å². The molecule has 2 heteroatoms. The first kappa shape index (κ1) is 14.4. The third kappa shape index (κ3) is 16.5. The smallest absolute Gasteiger partial charge is 0.0431 e. The molecule has 0 aromatic rings. The highest BCUT2D eigenvalue weighted by Crippen LogP contribution is 1.91. The van der Waals surface area contributed by atoms with E-state index in [1.807, 2.05) is 13.8 Å². The van der Waals surface area contributed by atoms with Gasteiger partial charge in [-0.05, 0) is 38.8 Å². The SMILES string of the molecule is CC.CCCNCCCCCO. The molecular formula is C10H25NO. The van der Waals surface area contributed by atoms with Crippen molar-refractivity contribution in [1.29, 1.82) is 0 Å². The van der Waals surface area contributed by atoms with E-state index in [0.717, 1.165) is 25.9 Å². The minimum absolute atomic E-state index is 0.341. The van der Waals surface area contributed by atoms with Gasteiger partial charge in [0.15, 0.2) is 0 Å². The molecule has 0 unspecified atom stereocenters. The first-order valence-electron chi connectivity index (χ1n) is 5.23. The number of aliphatic hydroxyl groups excluding tert-OH is 1. The molecular weight excluding hydrogens is 150 g/mol. The Bertz CT molecular complexity index is 49.8. The fraction of sp³-hybridized carbons (Fsp3) is 1.00. The lowest BCUT2D eigenvalue weighted by Gasteiger charge is -2.00. The monoisotopic (exact) mass is 175 g/mol. The quantitative estimate of drug-likeness (QED) is 0.581.